The maximum Gasteiger partial charge on any atom is 0.115 e. The van der Waals surface area contributed by atoms with Gasteiger partial charge in [-0.1, -0.05) is 0 Å². The lowest BCUT2D eigenvalue weighted by Crippen LogP contribution is -2.29. The monoisotopic (exact) mass is 240 g/mol. The van der Waals surface area contributed by atoms with Crippen LogP contribution in [0.5, 0.6) is 0 Å². The molecule has 0 spiro atoms. The second-order valence-electron chi connectivity index (χ2n) is 4.60. The first-order valence-corrected chi connectivity index (χ1v) is 6.36. The van der Waals surface area contributed by atoms with Crippen molar-refractivity contribution in [2.75, 3.05) is 13.1 Å². The van der Waals surface area contributed by atoms with Crippen molar-refractivity contribution in [1.82, 2.24) is 20.3 Å². The van der Waals surface area contributed by atoms with Crippen molar-refractivity contribution in [3.05, 3.63) is 42.7 Å². The molecule has 3 heterocycles. The van der Waals surface area contributed by atoms with Crippen LogP contribution in [0.3, 0.4) is 0 Å². The van der Waals surface area contributed by atoms with Gasteiger partial charge in [0.2, 0.25) is 0 Å². The van der Waals surface area contributed by atoms with Crippen molar-refractivity contribution in [3.8, 4) is 11.1 Å². The van der Waals surface area contributed by atoms with Gasteiger partial charge in [-0.05, 0) is 37.1 Å². The Hall–Kier alpha value is -1.81. The molecular formula is C14H16N4. The van der Waals surface area contributed by atoms with Crippen LogP contribution in [0, 0.1) is 0 Å². The molecule has 0 aliphatic carbocycles. The number of nitrogens with zero attached hydrogens (tertiary/aromatic N) is 3. The third-order valence-electron chi connectivity index (χ3n) is 3.42. The van der Waals surface area contributed by atoms with Crippen LogP contribution >= 0.6 is 0 Å². The molecule has 0 radical (unpaired) electrons. The Balaban J connectivity index is 1.99. The maximum atomic E-state index is 4.51. The highest BCUT2D eigenvalue weighted by atomic mass is 14.9. The van der Waals surface area contributed by atoms with Gasteiger partial charge in [-0.2, -0.15) is 0 Å². The molecule has 0 amide bonds. The summed E-state index contributed by atoms with van der Waals surface area (Å²) < 4.78 is 0. The Morgan fingerprint density at radius 1 is 1.17 bits per heavy atom. The van der Waals surface area contributed by atoms with E-state index in [4.69, 9.17) is 0 Å². The Morgan fingerprint density at radius 2 is 2.06 bits per heavy atom. The lowest BCUT2D eigenvalue weighted by atomic mass is 9.91. The first-order valence-electron chi connectivity index (χ1n) is 6.36. The minimum Gasteiger partial charge on any atom is -0.316 e. The molecule has 4 nitrogen and oxygen atoms in total. The zero-order chi connectivity index (χ0) is 12.2. The van der Waals surface area contributed by atoms with Crippen LogP contribution in [0.25, 0.3) is 11.1 Å². The summed E-state index contributed by atoms with van der Waals surface area (Å²) in [6.45, 7) is 2.13. The van der Waals surface area contributed by atoms with E-state index in [0.717, 1.165) is 29.9 Å². The standard InChI is InChI=1S/C14H16N4/c1-2-12(8-16-5-1)14-13(9-17-10-18-14)11-3-6-15-7-4-11/h3-4,6-7,9-10,12,16H,1-2,5,8H2. The lowest BCUT2D eigenvalue weighted by Gasteiger charge is -2.23. The van der Waals surface area contributed by atoms with Gasteiger partial charge in [-0.25, -0.2) is 9.97 Å². The molecule has 1 aliphatic heterocycles. The number of pyridine rings is 1. The fraction of sp³-hybridized carbons (Fsp3) is 0.357. The van der Waals surface area contributed by atoms with E-state index in [1.54, 1.807) is 6.33 Å². The smallest absolute Gasteiger partial charge is 0.115 e. The van der Waals surface area contributed by atoms with E-state index >= 15 is 0 Å². The minimum absolute atomic E-state index is 0.491. The number of rotatable bonds is 2. The highest BCUT2D eigenvalue weighted by Crippen LogP contribution is 2.29. The molecule has 4 heteroatoms. The van der Waals surface area contributed by atoms with E-state index < -0.39 is 0 Å². The van der Waals surface area contributed by atoms with Gasteiger partial charge in [-0.3, -0.25) is 4.98 Å². The van der Waals surface area contributed by atoms with Crippen molar-refractivity contribution >= 4 is 0 Å². The summed E-state index contributed by atoms with van der Waals surface area (Å²) in [5.74, 6) is 0.491. The van der Waals surface area contributed by atoms with E-state index in [9.17, 15) is 0 Å². The van der Waals surface area contributed by atoms with Gasteiger partial charge >= 0.3 is 0 Å². The van der Waals surface area contributed by atoms with Crippen LogP contribution < -0.4 is 5.32 Å². The SMILES string of the molecule is c1cc(-c2cncnc2C2CCCNC2)ccn1. The van der Waals surface area contributed by atoms with Gasteiger partial charge in [0.25, 0.3) is 0 Å². The first-order chi connectivity index (χ1) is 8.95. The molecule has 1 aliphatic rings. The van der Waals surface area contributed by atoms with Crippen molar-refractivity contribution < 1.29 is 0 Å². The number of hydrogen-bond acceptors (Lipinski definition) is 4. The summed E-state index contributed by atoms with van der Waals surface area (Å²) in [5, 5.41) is 3.44. The quantitative estimate of drug-likeness (QED) is 0.872. The summed E-state index contributed by atoms with van der Waals surface area (Å²) in [5.41, 5.74) is 3.43. The van der Waals surface area contributed by atoms with E-state index in [1.165, 1.54) is 12.8 Å². The van der Waals surface area contributed by atoms with Crippen molar-refractivity contribution in [1.29, 1.82) is 0 Å². The van der Waals surface area contributed by atoms with Crippen molar-refractivity contribution in [2.24, 2.45) is 0 Å². The summed E-state index contributed by atoms with van der Waals surface area (Å²) in [6.07, 6.45) is 9.59. The molecule has 3 rings (SSSR count). The molecule has 1 unspecified atom stereocenters. The predicted octanol–water partition coefficient (Wildman–Crippen LogP) is 2.01. The Bertz CT molecular complexity index is 506. The molecule has 1 saturated heterocycles. The van der Waals surface area contributed by atoms with E-state index in [1.807, 2.05) is 30.7 Å². The van der Waals surface area contributed by atoms with Crippen molar-refractivity contribution in [3.63, 3.8) is 0 Å². The van der Waals surface area contributed by atoms with E-state index in [0.29, 0.717) is 5.92 Å². The van der Waals surface area contributed by atoms with E-state index in [-0.39, 0.29) is 0 Å². The zero-order valence-corrected chi connectivity index (χ0v) is 10.2. The molecule has 0 aromatic carbocycles. The zero-order valence-electron chi connectivity index (χ0n) is 10.2. The topological polar surface area (TPSA) is 50.7 Å². The Morgan fingerprint density at radius 3 is 2.83 bits per heavy atom. The molecule has 92 valence electrons. The summed E-state index contributed by atoms with van der Waals surface area (Å²) in [4.78, 5) is 12.7. The van der Waals surface area contributed by atoms with Crippen LogP contribution in [-0.2, 0) is 0 Å². The van der Waals surface area contributed by atoms with Gasteiger partial charge in [0.15, 0.2) is 0 Å². The molecule has 18 heavy (non-hydrogen) atoms. The predicted molar refractivity (Wildman–Crippen MR) is 70.1 cm³/mol. The second-order valence-corrected chi connectivity index (χ2v) is 4.60. The first kappa shape index (κ1) is 11.3. The molecule has 1 N–H and O–H groups in total. The fourth-order valence-electron chi connectivity index (χ4n) is 2.50. The van der Waals surface area contributed by atoms with Crippen LogP contribution in [0.1, 0.15) is 24.5 Å². The number of piperidine rings is 1. The lowest BCUT2D eigenvalue weighted by molar-refractivity contribution is 0.455. The van der Waals surface area contributed by atoms with Gasteiger partial charge in [0, 0.05) is 36.6 Å². The number of nitrogens with one attached hydrogen (secondary N) is 1. The second kappa shape index (κ2) is 5.23. The number of hydrogen-bond donors (Lipinski definition) is 1. The largest absolute Gasteiger partial charge is 0.316 e. The maximum absolute atomic E-state index is 4.51. The molecule has 1 atom stereocenters. The molecular weight excluding hydrogens is 224 g/mol. The average molecular weight is 240 g/mol. The van der Waals surface area contributed by atoms with E-state index in [2.05, 4.69) is 20.3 Å². The van der Waals surface area contributed by atoms with Gasteiger partial charge in [0.05, 0.1) is 5.69 Å². The summed E-state index contributed by atoms with van der Waals surface area (Å²) in [6, 6.07) is 4.02. The van der Waals surface area contributed by atoms with Gasteiger partial charge in [0.1, 0.15) is 6.33 Å². The summed E-state index contributed by atoms with van der Waals surface area (Å²) >= 11 is 0. The molecule has 2 aromatic rings. The Kier molecular flexibility index (Phi) is 3.28. The van der Waals surface area contributed by atoms with Gasteiger partial charge in [-0.15, -0.1) is 0 Å². The number of aromatic nitrogens is 3. The third kappa shape index (κ3) is 2.24. The summed E-state index contributed by atoms with van der Waals surface area (Å²) in [7, 11) is 0. The Labute approximate surface area is 107 Å². The van der Waals surface area contributed by atoms with Crippen LogP contribution in [0.15, 0.2) is 37.1 Å². The highest BCUT2D eigenvalue weighted by molar-refractivity contribution is 5.64. The van der Waals surface area contributed by atoms with Crippen LogP contribution in [0.2, 0.25) is 0 Å². The van der Waals surface area contributed by atoms with Crippen molar-refractivity contribution in [2.45, 2.75) is 18.8 Å². The van der Waals surface area contributed by atoms with Crippen LogP contribution in [-0.4, -0.2) is 28.0 Å². The fourth-order valence-corrected chi connectivity index (χ4v) is 2.50. The van der Waals surface area contributed by atoms with Gasteiger partial charge < -0.3 is 5.32 Å². The minimum atomic E-state index is 0.491. The molecule has 0 saturated carbocycles. The normalized spacial score (nSPS) is 19.7. The van der Waals surface area contributed by atoms with Crippen LogP contribution in [0.4, 0.5) is 0 Å². The molecule has 2 aromatic heterocycles. The average Bonchev–Trinajstić information content (AvgIpc) is 2.49. The highest BCUT2D eigenvalue weighted by Gasteiger charge is 2.20. The molecule has 1 fully saturated rings. The molecule has 0 bridgehead atoms. The third-order valence-corrected chi connectivity index (χ3v) is 3.42.